The maximum Gasteiger partial charge on any atom is 0.410 e. The predicted molar refractivity (Wildman–Crippen MR) is 137 cm³/mol. The molecule has 0 bridgehead atoms. The number of aromatic amines is 2. The largest absolute Gasteiger partial charge is 0.444 e. The van der Waals surface area contributed by atoms with Crippen molar-refractivity contribution in [2.45, 2.75) is 65.1 Å². The Labute approximate surface area is 211 Å². The Bertz CT molecular complexity index is 877. The van der Waals surface area contributed by atoms with Crippen molar-refractivity contribution in [3.8, 4) is 0 Å². The molecule has 0 aromatic carbocycles. The van der Waals surface area contributed by atoms with Crippen molar-refractivity contribution in [1.29, 1.82) is 0 Å². The third-order valence-corrected chi connectivity index (χ3v) is 6.36. The summed E-state index contributed by atoms with van der Waals surface area (Å²) in [5.41, 5.74) is -0.467. The van der Waals surface area contributed by atoms with Crippen LogP contribution in [0.25, 0.3) is 0 Å². The minimum atomic E-state index is -0.467. The van der Waals surface area contributed by atoms with E-state index < -0.39 is 5.60 Å². The van der Waals surface area contributed by atoms with E-state index in [4.69, 9.17) is 4.74 Å². The minimum Gasteiger partial charge on any atom is -0.444 e. The molecule has 4 atom stereocenters. The van der Waals surface area contributed by atoms with E-state index in [0.29, 0.717) is 12.0 Å². The van der Waals surface area contributed by atoms with Crippen LogP contribution in [-0.2, 0) is 4.74 Å². The van der Waals surface area contributed by atoms with Crippen molar-refractivity contribution in [1.82, 2.24) is 30.2 Å². The van der Waals surface area contributed by atoms with Gasteiger partial charge in [0, 0.05) is 6.54 Å². The van der Waals surface area contributed by atoms with E-state index in [2.05, 4.69) is 84.3 Å². The van der Waals surface area contributed by atoms with E-state index in [0.717, 1.165) is 44.5 Å². The lowest BCUT2D eigenvalue weighted by Crippen LogP contribution is -2.37. The topological polar surface area (TPSA) is 98.9 Å². The molecule has 0 unspecified atom stereocenters. The van der Waals surface area contributed by atoms with Crippen molar-refractivity contribution < 1.29 is 9.53 Å². The second-order valence-corrected chi connectivity index (χ2v) is 11.8. The fourth-order valence-electron chi connectivity index (χ4n) is 3.92. The SMILES string of the molecule is C[C@@H]1CN[C@H](c2ncc(I)[nH]2)C1.C[C@H]1C[C@@H](c2ncc(I)[nH]2)N(C(=O)OC(C)(C)C)C1. The van der Waals surface area contributed by atoms with Crippen LogP contribution in [-0.4, -0.2) is 49.6 Å². The fourth-order valence-corrected chi connectivity index (χ4v) is 4.75. The number of carbonyl (C=O) groups is 1. The van der Waals surface area contributed by atoms with Gasteiger partial charge in [0.2, 0.25) is 0 Å². The van der Waals surface area contributed by atoms with Gasteiger partial charge < -0.3 is 20.0 Å². The number of aromatic nitrogens is 4. The monoisotopic (exact) mass is 654 g/mol. The van der Waals surface area contributed by atoms with Crippen molar-refractivity contribution in [3.63, 3.8) is 0 Å². The standard InChI is InChI=1S/C13H20IN3O2.C8H12IN3/c1-8-5-9(11-15-6-10(14)16-11)17(7-8)12(18)19-13(2,3)4;1-5-2-6(10-3-5)8-11-4-7(9)12-8/h6,8-9H,5,7H2,1-4H3,(H,15,16);4-6,10H,2-3H2,1H3,(H,11,12)/t8-,9-;5-,6-/m00/s1. The van der Waals surface area contributed by atoms with Crippen LogP contribution in [0, 0.1) is 19.2 Å². The summed E-state index contributed by atoms with van der Waals surface area (Å²) >= 11 is 4.43. The molecule has 10 heteroatoms. The molecule has 2 aromatic heterocycles. The first-order valence-electron chi connectivity index (χ1n) is 10.7. The first-order chi connectivity index (χ1) is 14.5. The summed E-state index contributed by atoms with van der Waals surface area (Å²) in [5, 5.41) is 3.44. The Balaban J connectivity index is 0.000000194. The van der Waals surface area contributed by atoms with Crippen LogP contribution in [0.2, 0.25) is 0 Å². The average Bonchev–Trinajstić information content (AvgIpc) is 3.42. The normalized spacial score (nSPS) is 26.0. The molecule has 0 aliphatic carbocycles. The molecule has 2 saturated heterocycles. The molecular formula is C21H32I2N6O2. The van der Waals surface area contributed by atoms with Gasteiger partial charge in [0.05, 0.1) is 31.9 Å². The number of likely N-dealkylation sites (tertiary alicyclic amines) is 1. The van der Waals surface area contributed by atoms with E-state index in [-0.39, 0.29) is 12.1 Å². The molecule has 2 aliphatic rings. The number of rotatable bonds is 2. The molecule has 2 aliphatic heterocycles. The highest BCUT2D eigenvalue weighted by Crippen LogP contribution is 2.35. The molecule has 2 fully saturated rings. The zero-order valence-corrected chi connectivity index (χ0v) is 23.0. The molecule has 0 radical (unpaired) electrons. The van der Waals surface area contributed by atoms with Crippen LogP contribution in [0.15, 0.2) is 12.4 Å². The van der Waals surface area contributed by atoms with Crippen LogP contribution in [0.3, 0.4) is 0 Å². The van der Waals surface area contributed by atoms with Crippen LogP contribution in [0.1, 0.15) is 71.2 Å². The summed E-state index contributed by atoms with van der Waals surface area (Å²) in [6, 6.07) is 0.442. The Morgan fingerprint density at radius 3 is 2.16 bits per heavy atom. The Morgan fingerprint density at radius 1 is 1.06 bits per heavy atom. The predicted octanol–water partition coefficient (Wildman–Crippen LogP) is 5.02. The number of hydrogen-bond donors (Lipinski definition) is 3. The van der Waals surface area contributed by atoms with Crippen molar-refractivity contribution in [2.24, 2.45) is 11.8 Å². The zero-order valence-electron chi connectivity index (χ0n) is 18.7. The van der Waals surface area contributed by atoms with Gasteiger partial charge in [-0.25, -0.2) is 14.8 Å². The summed E-state index contributed by atoms with van der Waals surface area (Å²) in [6.07, 6.45) is 5.52. The number of amides is 1. The lowest BCUT2D eigenvalue weighted by molar-refractivity contribution is 0.0214. The Morgan fingerprint density at radius 2 is 1.68 bits per heavy atom. The van der Waals surface area contributed by atoms with E-state index in [9.17, 15) is 4.79 Å². The van der Waals surface area contributed by atoms with Gasteiger partial charge in [-0.3, -0.25) is 4.90 Å². The molecule has 2 aromatic rings. The zero-order chi connectivity index (χ0) is 22.8. The third kappa shape index (κ3) is 7.04. The van der Waals surface area contributed by atoms with E-state index >= 15 is 0 Å². The first kappa shape index (κ1) is 24.7. The molecule has 172 valence electrons. The van der Waals surface area contributed by atoms with Gasteiger partial charge in [-0.1, -0.05) is 13.8 Å². The summed E-state index contributed by atoms with van der Waals surface area (Å²) in [5.74, 6) is 3.17. The van der Waals surface area contributed by atoms with E-state index in [1.807, 2.05) is 27.0 Å². The number of halogens is 2. The molecule has 8 nitrogen and oxygen atoms in total. The van der Waals surface area contributed by atoms with Gasteiger partial charge in [-0.15, -0.1) is 0 Å². The van der Waals surface area contributed by atoms with Gasteiger partial charge in [0.25, 0.3) is 0 Å². The van der Waals surface area contributed by atoms with E-state index in [1.165, 1.54) is 6.42 Å². The first-order valence-corrected chi connectivity index (χ1v) is 12.8. The van der Waals surface area contributed by atoms with E-state index in [1.54, 1.807) is 11.1 Å². The molecule has 0 spiro atoms. The Kier molecular flexibility index (Phi) is 8.27. The number of hydrogen-bond acceptors (Lipinski definition) is 5. The highest BCUT2D eigenvalue weighted by Gasteiger charge is 2.38. The number of imidazole rings is 2. The molecule has 31 heavy (non-hydrogen) atoms. The Hall–Kier alpha value is -0.890. The molecule has 4 heterocycles. The second-order valence-electron chi connectivity index (χ2n) is 9.52. The summed E-state index contributed by atoms with van der Waals surface area (Å²) in [7, 11) is 0. The highest BCUT2D eigenvalue weighted by molar-refractivity contribution is 14.1. The summed E-state index contributed by atoms with van der Waals surface area (Å²) in [6.45, 7) is 11.9. The van der Waals surface area contributed by atoms with Crippen LogP contribution >= 0.6 is 45.2 Å². The molecule has 1 amide bonds. The van der Waals surface area contributed by atoms with Crippen LogP contribution < -0.4 is 5.32 Å². The number of carbonyl (C=O) groups excluding carboxylic acids is 1. The average molecular weight is 654 g/mol. The third-order valence-electron chi connectivity index (χ3n) is 5.26. The molecule has 0 saturated carbocycles. The van der Waals surface area contributed by atoms with Gasteiger partial charge in [-0.05, 0) is 97.2 Å². The van der Waals surface area contributed by atoms with Gasteiger partial charge in [0.1, 0.15) is 17.2 Å². The fraction of sp³-hybridized carbons (Fsp3) is 0.667. The maximum absolute atomic E-state index is 12.3. The van der Waals surface area contributed by atoms with Crippen molar-refractivity contribution >= 4 is 51.3 Å². The number of ether oxygens (including phenoxy) is 1. The quantitative estimate of drug-likeness (QED) is 0.396. The summed E-state index contributed by atoms with van der Waals surface area (Å²) < 4.78 is 7.57. The second kappa shape index (κ2) is 10.4. The number of nitrogens with one attached hydrogen (secondary N) is 3. The van der Waals surface area contributed by atoms with Crippen LogP contribution in [0.5, 0.6) is 0 Å². The van der Waals surface area contributed by atoms with Crippen molar-refractivity contribution in [2.75, 3.05) is 13.1 Å². The van der Waals surface area contributed by atoms with Crippen molar-refractivity contribution in [3.05, 3.63) is 31.4 Å². The number of nitrogens with zero attached hydrogens (tertiary/aromatic N) is 3. The molecular weight excluding hydrogens is 622 g/mol. The van der Waals surface area contributed by atoms with Crippen LogP contribution in [0.4, 0.5) is 4.79 Å². The molecule has 3 N–H and O–H groups in total. The maximum atomic E-state index is 12.3. The van der Waals surface area contributed by atoms with Gasteiger partial charge in [0.15, 0.2) is 0 Å². The number of H-pyrrole nitrogens is 2. The smallest absolute Gasteiger partial charge is 0.410 e. The highest BCUT2D eigenvalue weighted by atomic mass is 127. The van der Waals surface area contributed by atoms with Gasteiger partial charge in [-0.2, -0.15) is 0 Å². The van der Waals surface area contributed by atoms with Gasteiger partial charge >= 0.3 is 6.09 Å². The lowest BCUT2D eigenvalue weighted by Gasteiger charge is -2.27. The lowest BCUT2D eigenvalue weighted by atomic mass is 10.1. The minimum absolute atomic E-state index is 0.00614. The molecule has 4 rings (SSSR count). The summed E-state index contributed by atoms with van der Waals surface area (Å²) in [4.78, 5) is 29.2.